The molecule has 0 saturated carbocycles. The van der Waals surface area contributed by atoms with Gasteiger partial charge in [-0.05, 0) is 46.6 Å². The Bertz CT molecular complexity index is 533. The average molecular weight is 341 g/mol. The zero-order valence-electron chi connectivity index (χ0n) is 10.6. The fraction of sp³-hybridized carbons (Fsp3) is 0.286. The maximum Gasteiger partial charge on any atom is 0.0801 e. The molecule has 1 heterocycles. The maximum atomic E-state index is 6.17. The zero-order chi connectivity index (χ0) is 13.7. The van der Waals surface area contributed by atoms with E-state index < -0.39 is 0 Å². The predicted octanol–water partition coefficient (Wildman–Crippen LogP) is 3.98. The second-order valence-electron chi connectivity index (χ2n) is 4.19. The van der Waals surface area contributed by atoms with Crippen molar-refractivity contribution in [3.05, 3.63) is 57.5 Å². The summed E-state index contributed by atoms with van der Waals surface area (Å²) < 4.78 is 0.895. The number of nitrogens with zero attached hydrogens (tertiary/aromatic N) is 2. The van der Waals surface area contributed by atoms with Crippen molar-refractivity contribution in [3.8, 4) is 0 Å². The van der Waals surface area contributed by atoms with Crippen LogP contribution in [0.25, 0.3) is 0 Å². The highest BCUT2D eigenvalue weighted by Crippen LogP contribution is 2.28. The van der Waals surface area contributed by atoms with Crippen LogP contribution in [0, 0.1) is 0 Å². The molecule has 2 aromatic rings. The lowest BCUT2D eigenvalue weighted by molar-refractivity contribution is 0.584. The van der Waals surface area contributed by atoms with Crippen LogP contribution in [0.1, 0.15) is 30.6 Å². The highest BCUT2D eigenvalue weighted by Gasteiger charge is 2.15. The Kier molecular flexibility index (Phi) is 5.31. The minimum Gasteiger partial charge on any atom is -0.305 e. The first-order valence-electron chi connectivity index (χ1n) is 6.16. The quantitative estimate of drug-likeness (QED) is 0.894. The molecule has 0 radical (unpaired) electrons. The van der Waals surface area contributed by atoms with Crippen molar-refractivity contribution >= 4 is 27.5 Å². The first kappa shape index (κ1) is 14.4. The lowest BCUT2D eigenvalue weighted by atomic mass is 10.0. The van der Waals surface area contributed by atoms with Crippen LogP contribution in [0.2, 0.25) is 5.02 Å². The Balaban J connectivity index is 2.34. The molecule has 0 bridgehead atoms. The fourth-order valence-corrected chi connectivity index (χ4v) is 2.27. The van der Waals surface area contributed by atoms with E-state index in [2.05, 4.69) is 38.1 Å². The summed E-state index contributed by atoms with van der Waals surface area (Å²) in [6.07, 6.45) is 6.22. The van der Waals surface area contributed by atoms with E-state index in [1.807, 2.05) is 18.2 Å². The molecule has 19 heavy (non-hydrogen) atoms. The van der Waals surface area contributed by atoms with Crippen molar-refractivity contribution < 1.29 is 0 Å². The van der Waals surface area contributed by atoms with Gasteiger partial charge in [-0.25, -0.2) is 0 Å². The van der Waals surface area contributed by atoms with Gasteiger partial charge in [-0.15, -0.1) is 0 Å². The molecule has 1 atom stereocenters. The summed E-state index contributed by atoms with van der Waals surface area (Å²) >= 11 is 9.58. The van der Waals surface area contributed by atoms with Crippen molar-refractivity contribution in [3.63, 3.8) is 0 Å². The van der Waals surface area contributed by atoms with Crippen LogP contribution in [-0.4, -0.2) is 16.5 Å². The number of aromatic nitrogens is 2. The van der Waals surface area contributed by atoms with E-state index in [9.17, 15) is 0 Å². The molecular weight excluding hydrogens is 326 g/mol. The summed E-state index contributed by atoms with van der Waals surface area (Å²) in [5, 5.41) is 4.17. The van der Waals surface area contributed by atoms with Crippen LogP contribution in [-0.2, 0) is 0 Å². The molecular formula is C14H15BrClN3. The molecule has 3 nitrogen and oxygen atoms in total. The molecule has 5 heteroatoms. The molecule has 100 valence electrons. The summed E-state index contributed by atoms with van der Waals surface area (Å²) in [5.74, 6) is 0. The molecule has 0 aliphatic rings. The number of rotatable bonds is 5. The normalized spacial score (nSPS) is 12.4. The van der Waals surface area contributed by atoms with E-state index in [0.717, 1.165) is 28.7 Å². The molecule has 2 rings (SSSR count). The third-order valence-corrected chi connectivity index (χ3v) is 3.99. The van der Waals surface area contributed by atoms with Gasteiger partial charge >= 0.3 is 0 Å². The number of benzene rings is 1. The van der Waals surface area contributed by atoms with Gasteiger partial charge in [0.1, 0.15) is 0 Å². The van der Waals surface area contributed by atoms with E-state index in [-0.39, 0.29) is 6.04 Å². The van der Waals surface area contributed by atoms with Gasteiger partial charge in [0.25, 0.3) is 0 Å². The van der Waals surface area contributed by atoms with Crippen molar-refractivity contribution in [2.24, 2.45) is 0 Å². The van der Waals surface area contributed by atoms with Gasteiger partial charge in [-0.3, -0.25) is 9.97 Å². The second-order valence-corrected chi connectivity index (χ2v) is 5.45. The lowest BCUT2D eigenvalue weighted by Crippen LogP contribution is -2.24. The van der Waals surface area contributed by atoms with Crippen LogP contribution in [0.15, 0.2) is 41.3 Å². The van der Waals surface area contributed by atoms with Crippen LogP contribution >= 0.6 is 27.5 Å². The summed E-state index contributed by atoms with van der Waals surface area (Å²) in [6, 6.07) is 5.96. The Morgan fingerprint density at radius 3 is 2.84 bits per heavy atom. The summed E-state index contributed by atoms with van der Waals surface area (Å²) in [7, 11) is 0. The van der Waals surface area contributed by atoms with Gasteiger partial charge in [-0.1, -0.05) is 24.6 Å². The molecule has 1 unspecified atom stereocenters. The van der Waals surface area contributed by atoms with E-state index >= 15 is 0 Å². The number of nitrogens with one attached hydrogen (secondary N) is 1. The molecule has 0 aliphatic heterocycles. The number of halogens is 2. The monoisotopic (exact) mass is 339 g/mol. The van der Waals surface area contributed by atoms with E-state index in [4.69, 9.17) is 11.6 Å². The first-order chi connectivity index (χ1) is 9.22. The topological polar surface area (TPSA) is 37.8 Å². The zero-order valence-corrected chi connectivity index (χ0v) is 12.9. The summed E-state index contributed by atoms with van der Waals surface area (Å²) in [4.78, 5) is 8.52. The van der Waals surface area contributed by atoms with Gasteiger partial charge in [0, 0.05) is 16.9 Å². The van der Waals surface area contributed by atoms with Gasteiger partial charge in [0.05, 0.1) is 23.0 Å². The largest absolute Gasteiger partial charge is 0.305 e. The molecule has 1 aromatic heterocycles. The minimum atomic E-state index is 0.0132. The van der Waals surface area contributed by atoms with Crippen LogP contribution in [0.4, 0.5) is 0 Å². The van der Waals surface area contributed by atoms with Crippen molar-refractivity contribution in [1.82, 2.24) is 15.3 Å². The second kappa shape index (κ2) is 6.98. The molecule has 0 saturated heterocycles. The van der Waals surface area contributed by atoms with Crippen molar-refractivity contribution in [2.45, 2.75) is 19.4 Å². The molecule has 0 spiro atoms. The highest BCUT2D eigenvalue weighted by molar-refractivity contribution is 9.10. The van der Waals surface area contributed by atoms with Crippen molar-refractivity contribution in [2.75, 3.05) is 6.54 Å². The van der Waals surface area contributed by atoms with E-state index in [1.54, 1.807) is 18.6 Å². The molecule has 0 fully saturated rings. The lowest BCUT2D eigenvalue weighted by Gasteiger charge is -2.18. The van der Waals surface area contributed by atoms with Gasteiger partial charge < -0.3 is 5.32 Å². The third kappa shape index (κ3) is 3.75. The Morgan fingerprint density at radius 2 is 2.21 bits per heavy atom. The molecule has 0 amide bonds. The van der Waals surface area contributed by atoms with E-state index in [1.165, 1.54) is 0 Å². The van der Waals surface area contributed by atoms with Crippen LogP contribution in [0.5, 0.6) is 0 Å². The van der Waals surface area contributed by atoms with E-state index in [0.29, 0.717) is 5.02 Å². The first-order valence-corrected chi connectivity index (χ1v) is 7.33. The maximum absolute atomic E-state index is 6.17. The minimum absolute atomic E-state index is 0.0132. The summed E-state index contributed by atoms with van der Waals surface area (Å²) in [5.41, 5.74) is 1.98. The average Bonchev–Trinajstić information content (AvgIpc) is 2.44. The predicted molar refractivity (Wildman–Crippen MR) is 81.3 cm³/mol. The highest BCUT2D eigenvalue weighted by atomic mass is 79.9. The molecule has 0 aliphatic carbocycles. The SMILES string of the molecule is CCCNC(c1ccc(Br)c(Cl)c1)c1cnccn1. The Labute approximate surface area is 126 Å². The fourth-order valence-electron chi connectivity index (χ4n) is 1.83. The number of hydrogen-bond acceptors (Lipinski definition) is 3. The Hall–Kier alpha value is -0.970. The van der Waals surface area contributed by atoms with Gasteiger partial charge in [0.15, 0.2) is 0 Å². The summed E-state index contributed by atoms with van der Waals surface area (Å²) in [6.45, 7) is 3.05. The molecule has 1 aromatic carbocycles. The smallest absolute Gasteiger partial charge is 0.0801 e. The number of hydrogen-bond donors (Lipinski definition) is 1. The van der Waals surface area contributed by atoms with Gasteiger partial charge in [-0.2, -0.15) is 0 Å². The molecule has 1 N–H and O–H groups in total. The Morgan fingerprint density at radius 1 is 1.37 bits per heavy atom. The standard InChI is InChI=1S/C14H15BrClN3/c1-2-5-19-14(13-9-17-6-7-18-13)10-3-4-11(15)12(16)8-10/h3-4,6-9,14,19H,2,5H2,1H3. The third-order valence-electron chi connectivity index (χ3n) is 2.75. The van der Waals surface area contributed by atoms with Crippen LogP contribution in [0.3, 0.4) is 0 Å². The van der Waals surface area contributed by atoms with Gasteiger partial charge in [0.2, 0.25) is 0 Å². The van der Waals surface area contributed by atoms with Crippen molar-refractivity contribution in [1.29, 1.82) is 0 Å². The van der Waals surface area contributed by atoms with Crippen LogP contribution < -0.4 is 5.32 Å².